The summed E-state index contributed by atoms with van der Waals surface area (Å²) in [5, 5.41) is 0.792. The minimum atomic E-state index is 0.421. The van der Waals surface area contributed by atoms with Crippen LogP contribution in [0.15, 0.2) is 60.8 Å². The maximum Gasteiger partial charge on any atom is 0.0406 e. The van der Waals surface area contributed by atoms with Gasteiger partial charge < -0.3 is 4.90 Å². The summed E-state index contributed by atoms with van der Waals surface area (Å²) in [4.78, 5) is 2.25. The van der Waals surface area contributed by atoms with Gasteiger partial charge in [-0.3, -0.25) is 0 Å². The minimum Gasteiger partial charge on any atom is -0.379 e. The van der Waals surface area contributed by atoms with E-state index in [0.717, 1.165) is 11.6 Å². The first kappa shape index (κ1) is 12.3. The molecule has 2 aromatic carbocycles. The van der Waals surface area contributed by atoms with Crippen LogP contribution in [0.25, 0.3) is 5.57 Å². The zero-order valence-corrected chi connectivity index (χ0v) is 11.6. The Kier molecular flexibility index (Phi) is 3.31. The van der Waals surface area contributed by atoms with Gasteiger partial charge in [-0.1, -0.05) is 54.1 Å². The van der Waals surface area contributed by atoms with Gasteiger partial charge in [0.05, 0.1) is 0 Å². The lowest BCUT2D eigenvalue weighted by molar-refractivity contribution is 0.476. The standard InChI is InChI=1S/C17H16ClN/c1-19-11-16(13-5-3-2-4-6-13)17(12-19)14-7-9-15(18)10-8-14/h2-11,17H,12H2,1H3. The van der Waals surface area contributed by atoms with E-state index >= 15 is 0 Å². The summed E-state index contributed by atoms with van der Waals surface area (Å²) in [7, 11) is 2.12. The van der Waals surface area contributed by atoms with E-state index in [1.807, 2.05) is 12.1 Å². The van der Waals surface area contributed by atoms with Gasteiger partial charge in [0.25, 0.3) is 0 Å². The lowest BCUT2D eigenvalue weighted by Gasteiger charge is -2.16. The van der Waals surface area contributed by atoms with Crippen LogP contribution < -0.4 is 0 Å². The maximum atomic E-state index is 5.98. The van der Waals surface area contributed by atoms with E-state index in [9.17, 15) is 0 Å². The Morgan fingerprint density at radius 2 is 1.68 bits per heavy atom. The van der Waals surface area contributed by atoms with Crippen LogP contribution in [0.3, 0.4) is 0 Å². The number of nitrogens with zero attached hydrogens (tertiary/aromatic N) is 1. The molecule has 0 aliphatic carbocycles. The van der Waals surface area contributed by atoms with Gasteiger partial charge in [-0.25, -0.2) is 0 Å². The van der Waals surface area contributed by atoms with Gasteiger partial charge in [-0.05, 0) is 28.8 Å². The molecule has 0 radical (unpaired) electrons. The number of rotatable bonds is 2. The summed E-state index contributed by atoms with van der Waals surface area (Å²) in [6.45, 7) is 1.02. The molecule has 0 aromatic heterocycles. The lowest BCUT2D eigenvalue weighted by Crippen LogP contribution is -2.12. The van der Waals surface area contributed by atoms with Crippen molar-refractivity contribution < 1.29 is 0 Å². The molecular weight excluding hydrogens is 254 g/mol. The SMILES string of the molecule is CN1C=C(c2ccccc2)C(c2ccc(Cl)cc2)C1. The van der Waals surface area contributed by atoms with Crippen LogP contribution in [0.4, 0.5) is 0 Å². The first-order valence-electron chi connectivity index (χ1n) is 6.47. The van der Waals surface area contributed by atoms with Crippen molar-refractivity contribution in [3.63, 3.8) is 0 Å². The molecule has 1 atom stereocenters. The Balaban J connectivity index is 1.98. The second-order valence-corrected chi connectivity index (χ2v) is 5.43. The molecular formula is C17H16ClN. The summed E-state index contributed by atoms with van der Waals surface area (Å²) in [6.07, 6.45) is 2.24. The Morgan fingerprint density at radius 3 is 2.37 bits per heavy atom. The molecule has 1 aliphatic rings. The summed E-state index contributed by atoms with van der Waals surface area (Å²) in [5.74, 6) is 0.421. The van der Waals surface area contributed by atoms with Crippen molar-refractivity contribution in [3.8, 4) is 0 Å². The predicted octanol–water partition coefficient (Wildman–Crippen LogP) is 4.41. The van der Waals surface area contributed by atoms with E-state index in [1.54, 1.807) is 0 Å². The van der Waals surface area contributed by atoms with E-state index in [4.69, 9.17) is 11.6 Å². The third-order valence-corrected chi connectivity index (χ3v) is 3.84. The molecule has 96 valence electrons. The van der Waals surface area contributed by atoms with E-state index < -0.39 is 0 Å². The monoisotopic (exact) mass is 269 g/mol. The van der Waals surface area contributed by atoms with Gasteiger partial charge in [-0.2, -0.15) is 0 Å². The highest BCUT2D eigenvalue weighted by atomic mass is 35.5. The molecule has 2 heteroatoms. The predicted molar refractivity (Wildman–Crippen MR) is 81.2 cm³/mol. The molecule has 0 N–H and O–H groups in total. The number of likely N-dealkylation sites (N-methyl/N-ethyl adjacent to an activating group) is 1. The van der Waals surface area contributed by atoms with E-state index in [0.29, 0.717) is 5.92 Å². The van der Waals surface area contributed by atoms with Crippen LogP contribution in [0.5, 0.6) is 0 Å². The van der Waals surface area contributed by atoms with Crippen molar-refractivity contribution in [1.29, 1.82) is 0 Å². The third-order valence-electron chi connectivity index (χ3n) is 3.58. The highest BCUT2D eigenvalue weighted by Gasteiger charge is 2.24. The fourth-order valence-electron chi connectivity index (χ4n) is 2.65. The summed E-state index contributed by atoms with van der Waals surface area (Å²) in [5.41, 5.74) is 4.00. The van der Waals surface area contributed by atoms with Gasteiger partial charge in [0.2, 0.25) is 0 Å². The molecule has 0 spiro atoms. The van der Waals surface area contributed by atoms with Crippen LogP contribution >= 0.6 is 11.6 Å². The molecule has 0 saturated heterocycles. The molecule has 0 amide bonds. The first-order valence-corrected chi connectivity index (χ1v) is 6.84. The Bertz CT molecular complexity index is 586. The molecule has 2 aromatic rings. The molecule has 0 saturated carbocycles. The summed E-state index contributed by atoms with van der Waals surface area (Å²) < 4.78 is 0. The highest BCUT2D eigenvalue weighted by molar-refractivity contribution is 6.30. The van der Waals surface area contributed by atoms with Crippen LogP contribution in [0.1, 0.15) is 17.0 Å². The third kappa shape index (κ3) is 2.52. The van der Waals surface area contributed by atoms with Crippen LogP contribution in [-0.4, -0.2) is 18.5 Å². The van der Waals surface area contributed by atoms with Crippen molar-refractivity contribution in [2.45, 2.75) is 5.92 Å². The van der Waals surface area contributed by atoms with E-state index in [-0.39, 0.29) is 0 Å². The van der Waals surface area contributed by atoms with Crippen molar-refractivity contribution in [2.75, 3.05) is 13.6 Å². The molecule has 19 heavy (non-hydrogen) atoms. The molecule has 3 rings (SSSR count). The van der Waals surface area contributed by atoms with Crippen LogP contribution in [0.2, 0.25) is 5.02 Å². The average Bonchev–Trinajstić information content (AvgIpc) is 2.83. The van der Waals surface area contributed by atoms with Crippen molar-refractivity contribution in [2.24, 2.45) is 0 Å². The highest BCUT2D eigenvalue weighted by Crippen LogP contribution is 2.37. The Labute approximate surface area is 119 Å². The Morgan fingerprint density at radius 1 is 1.00 bits per heavy atom. The smallest absolute Gasteiger partial charge is 0.0406 e. The molecule has 1 aliphatic heterocycles. The largest absolute Gasteiger partial charge is 0.379 e. The lowest BCUT2D eigenvalue weighted by atomic mass is 9.89. The summed E-state index contributed by atoms with van der Waals surface area (Å²) >= 11 is 5.98. The number of benzene rings is 2. The van der Waals surface area contributed by atoms with Crippen LogP contribution in [-0.2, 0) is 0 Å². The summed E-state index contributed by atoms with van der Waals surface area (Å²) in [6, 6.07) is 18.8. The topological polar surface area (TPSA) is 3.24 Å². The van der Waals surface area contributed by atoms with Gasteiger partial charge in [0.1, 0.15) is 0 Å². The molecule has 1 heterocycles. The molecule has 1 unspecified atom stereocenters. The van der Waals surface area contributed by atoms with E-state index in [2.05, 4.69) is 60.6 Å². The average molecular weight is 270 g/mol. The van der Waals surface area contributed by atoms with Gasteiger partial charge >= 0.3 is 0 Å². The molecule has 1 nitrogen and oxygen atoms in total. The Hall–Kier alpha value is -1.73. The number of hydrogen-bond acceptors (Lipinski definition) is 1. The minimum absolute atomic E-state index is 0.421. The van der Waals surface area contributed by atoms with Crippen LogP contribution in [0, 0.1) is 0 Å². The van der Waals surface area contributed by atoms with Crippen molar-refractivity contribution in [1.82, 2.24) is 4.90 Å². The zero-order valence-electron chi connectivity index (χ0n) is 10.9. The van der Waals surface area contributed by atoms with Gasteiger partial charge in [0.15, 0.2) is 0 Å². The molecule has 0 fully saturated rings. The fraction of sp³-hybridized carbons (Fsp3) is 0.176. The number of halogens is 1. The number of hydrogen-bond donors (Lipinski definition) is 0. The fourth-order valence-corrected chi connectivity index (χ4v) is 2.78. The zero-order chi connectivity index (χ0) is 13.2. The molecule has 0 bridgehead atoms. The first-order chi connectivity index (χ1) is 9.24. The second kappa shape index (κ2) is 5.10. The van der Waals surface area contributed by atoms with E-state index in [1.165, 1.54) is 16.7 Å². The quantitative estimate of drug-likeness (QED) is 0.781. The van der Waals surface area contributed by atoms with Gasteiger partial charge in [-0.15, -0.1) is 0 Å². The second-order valence-electron chi connectivity index (χ2n) is 4.99. The van der Waals surface area contributed by atoms with Crippen molar-refractivity contribution in [3.05, 3.63) is 76.9 Å². The van der Waals surface area contributed by atoms with Crippen molar-refractivity contribution >= 4 is 17.2 Å². The maximum absolute atomic E-state index is 5.98. The normalized spacial score (nSPS) is 18.5. The van der Waals surface area contributed by atoms with Gasteiger partial charge in [0, 0.05) is 30.7 Å².